The Balaban J connectivity index is 1.57. The minimum Gasteiger partial charge on any atom is -0.348 e. The summed E-state index contributed by atoms with van der Waals surface area (Å²) in [4.78, 5) is 21.4. The molecule has 9 heteroatoms. The van der Waals surface area contributed by atoms with Crippen LogP contribution < -0.4 is 5.32 Å². The van der Waals surface area contributed by atoms with Crippen LogP contribution in [0.1, 0.15) is 15.9 Å². The highest BCUT2D eigenvalue weighted by Gasteiger charge is 2.17. The third-order valence-corrected chi connectivity index (χ3v) is 7.33. The van der Waals surface area contributed by atoms with Crippen molar-refractivity contribution in [2.75, 3.05) is 0 Å². The summed E-state index contributed by atoms with van der Waals surface area (Å²) in [6, 6.07) is 16.4. The summed E-state index contributed by atoms with van der Waals surface area (Å²) in [6.45, 7) is 0.413. The SMILES string of the molecule is O=C(NCc1ccccc1)c1cnc2c(c1)c(-c1cc(F)c3nccc(Cl)c3c1)cn2SI. The van der Waals surface area contributed by atoms with Gasteiger partial charge in [-0.2, -0.15) is 0 Å². The molecule has 3 heterocycles. The lowest BCUT2D eigenvalue weighted by Gasteiger charge is -2.07. The molecule has 0 aliphatic rings. The van der Waals surface area contributed by atoms with Gasteiger partial charge in [0.05, 0.1) is 10.6 Å². The van der Waals surface area contributed by atoms with Crippen LogP contribution in [0.15, 0.2) is 73.2 Å². The monoisotopic (exact) mass is 588 g/mol. The van der Waals surface area contributed by atoms with Crippen molar-refractivity contribution in [3.05, 3.63) is 95.2 Å². The summed E-state index contributed by atoms with van der Waals surface area (Å²) in [6.07, 6.45) is 4.92. The molecule has 0 aliphatic heterocycles. The number of aromatic nitrogens is 3. The van der Waals surface area contributed by atoms with E-state index in [2.05, 4.69) is 36.5 Å². The third kappa shape index (κ3) is 4.30. The molecule has 164 valence electrons. The lowest BCUT2D eigenvalue weighted by Crippen LogP contribution is -2.22. The number of carbonyl (C=O) groups is 1. The maximum Gasteiger partial charge on any atom is 0.253 e. The smallest absolute Gasteiger partial charge is 0.253 e. The quantitative estimate of drug-likeness (QED) is 0.229. The van der Waals surface area contributed by atoms with Crippen molar-refractivity contribution in [2.24, 2.45) is 0 Å². The molecule has 0 saturated heterocycles. The lowest BCUT2D eigenvalue weighted by molar-refractivity contribution is 0.0950. The zero-order valence-electron chi connectivity index (χ0n) is 16.9. The molecule has 1 amide bonds. The molecule has 1 N–H and O–H groups in total. The number of benzene rings is 2. The van der Waals surface area contributed by atoms with Gasteiger partial charge in [0.2, 0.25) is 0 Å². The van der Waals surface area contributed by atoms with Gasteiger partial charge >= 0.3 is 0 Å². The van der Waals surface area contributed by atoms with E-state index in [1.165, 1.54) is 21.4 Å². The Hall–Kier alpha value is -2.69. The number of amides is 1. The normalized spacial score (nSPS) is 11.2. The first-order valence-electron chi connectivity index (χ1n) is 9.91. The molecular formula is C24H15ClFIN4OS. The Bertz CT molecular complexity index is 1510. The zero-order chi connectivity index (χ0) is 22.9. The summed E-state index contributed by atoms with van der Waals surface area (Å²) < 4.78 is 16.7. The lowest BCUT2D eigenvalue weighted by atomic mass is 10.0. The first-order chi connectivity index (χ1) is 16.0. The average molecular weight is 589 g/mol. The fraction of sp³-hybridized carbons (Fsp3) is 0.0417. The zero-order valence-corrected chi connectivity index (χ0v) is 20.7. The van der Waals surface area contributed by atoms with E-state index in [4.69, 9.17) is 11.6 Å². The fourth-order valence-corrected chi connectivity index (χ4v) is 5.16. The van der Waals surface area contributed by atoms with E-state index in [9.17, 15) is 9.18 Å². The second-order valence-corrected chi connectivity index (χ2v) is 9.47. The van der Waals surface area contributed by atoms with Gasteiger partial charge in [-0.05, 0) is 35.4 Å². The highest BCUT2D eigenvalue weighted by Crippen LogP contribution is 2.37. The molecule has 5 rings (SSSR count). The van der Waals surface area contributed by atoms with Gasteiger partial charge in [-0.3, -0.25) is 13.8 Å². The summed E-state index contributed by atoms with van der Waals surface area (Å²) in [5.74, 6) is -0.691. The Morgan fingerprint density at radius 1 is 1.12 bits per heavy atom. The Morgan fingerprint density at radius 2 is 1.94 bits per heavy atom. The van der Waals surface area contributed by atoms with Gasteiger partial charge in [0, 0.05) is 71.8 Å². The Kier molecular flexibility index (Phi) is 6.22. The van der Waals surface area contributed by atoms with E-state index in [-0.39, 0.29) is 11.4 Å². The molecule has 5 aromatic rings. The molecule has 3 aromatic heterocycles. The van der Waals surface area contributed by atoms with E-state index < -0.39 is 5.82 Å². The van der Waals surface area contributed by atoms with Crippen LogP contribution in [0.3, 0.4) is 0 Å². The minimum absolute atomic E-state index is 0.220. The molecule has 0 atom stereocenters. The molecule has 0 spiro atoms. The van der Waals surface area contributed by atoms with Crippen LogP contribution in [0.25, 0.3) is 33.1 Å². The molecule has 0 fully saturated rings. The van der Waals surface area contributed by atoms with Gasteiger partial charge in [0.15, 0.2) is 5.65 Å². The third-order valence-electron chi connectivity index (χ3n) is 5.30. The first kappa shape index (κ1) is 22.1. The van der Waals surface area contributed by atoms with Crippen LogP contribution in [-0.4, -0.2) is 19.8 Å². The predicted octanol–water partition coefficient (Wildman–Crippen LogP) is 6.82. The van der Waals surface area contributed by atoms with Crippen molar-refractivity contribution < 1.29 is 9.18 Å². The molecule has 0 saturated carbocycles. The molecule has 0 radical (unpaired) electrons. The molecule has 0 unspecified atom stereocenters. The van der Waals surface area contributed by atoms with Crippen molar-refractivity contribution in [3.63, 3.8) is 0 Å². The second kappa shape index (κ2) is 9.28. The standard InChI is InChI=1S/C24H15ClFIN4OS/c25-20-6-7-28-22-18(20)8-15(10-21(22)26)19-13-31(33-27)23-17(19)9-16(12-29-23)24(32)30-11-14-4-2-1-3-5-14/h1-10,12-13H,11H2,(H,30,32). The van der Waals surface area contributed by atoms with Gasteiger partial charge in [-0.1, -0.05) is 41.9 Å². The predicted molar refractivity (Wildman–Crippen MR) is 140 cm³/mol. The second-order valence-electron chi connectivity index (χ2n) is 7.35. The maximum absolute atomic E-state index is 14.9. The fourth-order valence-electron chi connectivity index (χ4n) is 3.70. The molecule has 5 nitrogen and oxygen atoms in total. The number of fused-ring (bicyclic) bond motifs is 2. The van der Waals surface area contributed by atoms with Crippen LogP contribution in [0, 0.1) is 5.82 Å². The number of nitrogens with one attached hydrogen (secondary N) is 1. The number of hydrogen-bond donors (Lipinski definition) is 1. The molecule has 0 bridgehead atoms. The highest BCUT2D eigenvalue weighted by molar-refractivity contribution is 14.2. The van der Waals surface area contributed by atoms with Crippen molar-refractivity contribution in [1.29, 1.82) is 0 Å². The van der Waals surface area contributed by atoms with Crippen LogP contribution in [0.5, 0.6) is 0 Å². The summed E-state index contributed by atoms with van der Waals surface area (Å²) in [5.41, 5.74) is 3.72. The molecular weight excluding hydrogens is 574 g/mol. The van der Waals surface area contributed by atoms with Crippen molar-refractivity contribution >= 4 is 69.8 Å². The largest absolute Gasteiger partial charge is 0.348 e. The number of hydrogen-bond acceptors (Lipinski definition) is 4. The van der Waals surface area contributed by atoms with Gasteiger partial charge in [-0.15, -0.1) is 0 Å². The summed E-state index contributed by atoms with van der Waals surface area (Å²) in [7, 11) is 1.44. The van der Waals surface area contributed by atoms with Gasteiger partial charge < -0.3 is 5.32 Å². The van der Waals surface area contributed by atoms with Crippen LogP contribution in [-0.2, 0) is 6.54 Å². The number of carbonyl (C=O) groups excluding carboxylic acids is 1. The van der Waals surface area contributed by atoms with Crippen LogP contribution in [0.4, 0.5) is 4.39 Å². The molecule has 33 heavy (non-hydrogen) atoms. The highest BCUT2D eigenvalue weighted by atomic mass is 127. The minimum atomic E-state index is -0.460. The topological polar surface area (TPSA) is 59.8 Å². The van der Waals surface area contributed by atoms with E-state index in [1.54, 1.807) is 18.3 Å². The average Bonchev–Trinajstić information content (AvgIpc) is 3.22. The van der Waals surface area contributed by atoms with E-state index >= 15 is 0 Å². The van der Waals surface area contributed by atoms with E-state index in [1.807, 2.05) is 46.6 Å². The Labute approximate surface area is 210 Å². The van der Waals surface area contributed by atoms with Crippen molar-refractivity contribution in [3.8, 4) is 11.1 Å². The number of rotatable bonds is 5. The number of halogens is 3. The van der Waals surface area contributed by atoms with Gasteiger partial charge in [0.25, 0.3) is 5.91 Å². The van der Waals surface area contributed by atoms with E-state index in [0.29, 0.717) is 33.7 Å². The Morgan fingerprint density at radius 3 is 2.73 bits per heavy atom. The first-order valence-corrected chi connectivity index (χ1v) is 13.6. The number of pyridine rings is 2. The maximum atomic E-state index is 14.9. The summed E-state index contributed by atoms with van der Waals surface area (Å²) >= 11 is 8.47. The summed E-state index contributed by atoms with van der Waals surface area (Å²) in [5, 5.41) is 4.62. The van der Waals surface area contributed by atoms with Crippen LogP contribution >= 0.6 is 41.9 Å². The van der Waals surface area contributed by atoms with Gasteiger partial charge in [0.1, 0.15) is 11.3 Å². The molecule has 2 aromatic carbocycles. The van der Waals surface area contributed by atoms with E-state index in [0.717, 1.165) is 16.5 Å². The number of nitrogens with zero attached hydrogens (tertiary/aromatic N) is 3. The van der Waals surface area contributed by atoms with Crippen molar-refractivity contribution in [1.82, 2.24) is 19.3 Å². The van der Waals surface area contributed by atoms with Crippen LogP contribution in [0.2, 0.25) is 5.02 Å². The van der Waals surface area contributed by atoms with Crippen molar-refractivity contribution in [2.45, 2.75) is 6.54 Å². The molecule has 0 aliphatic carbocycles. The van der Waals surface area contributed by atoms with Gasteiger partial charge in [-0.25, -0.2) is 9.37 Å².